The molecule has 0 radical (unpaired) electrons. The third kappa shape index (κ3) is 3.88. The predicted molar refractivity (Wildman–Crippen MR) is 89.1 cm³/mol. The molecule has 0 saturated carbocycles. The van der Waals surface area contributed by atoms with Crippen LogP contribution in [0.3, 0.4) is 0 Å². The minimum Gasteiger partial charge on any atom is -0.352 e. The molecular formula is C17H30N4O. The van der Waals surface area contributed by atoms with E-state index in [0.29, 0.717) is 11.5 Å². The molecule has 2 heterocycles. The number of piperidine rings is 1. The van der Waals surface area contributed by atoms with Gasteiger partial charge in [0.05, 0.1) is 17.3 Å². The van der Waals surface area contributed by atoms with Crippen LogP contribution >= 0.6 is 0 Å². The van der Waals surface area contributed by atoms with Crippen molar-refractivity contribution in [1.82, 2.24) is 20.0 Å². The van der Waals surface area contributed by atoms with Crippen molar-refractivity contribution in [3.8, 4) is 0 Å². The molecule has 5 heteroatoms. The van der Waals surface area contributed by atoms with Crippen molar-refractivity contribution in [2.75, 3.05) is 26.2 Å². The Balaban J connectivity index is 1.94. The minimum absolute atomic E-state index is 0.00150. The van der Waals surface area contributed by atoms with Crippen molar-refractivity contribution < 1.29 is 4.79 Å². The van der Waals surface area contributed by atoms with Gasteiger partial charge in [-0.15, -0.1) is 0 Å². The topological polar surface area (TPSA) is 50.2 Å². The molecular weight excluding hydrogens is 276 g/mol. The molecule has 1 aliphatic heterocycles. The Hall–Kier alpha value is -1.36. The van der Waals surface area contributed by atoms with E-state index in [9.17, 15) is 4.79 Å². The maximum absolute atomic E-state index is 12.4. The Kier molecular flexibility index (Phi) is 5.27. The summed E-state index contributed by atoms with van der Waals surface area (Å²) in [5.74, 6) is 0.567. The summed E-state index contributed by atoms with van der Waals surface area (Å²) >= 11 is 0. The molecule has 1 atom stereocenters. The van der Waals surface area contributed by atoms with E-state index in [1.54, 1.807) is 6.20 Å². The van der Waals surface area contributed by atoms with Gasteiger partial charge >= 0.3 is 0 Å². The van der Waals surface area contributed by atoms with Gasteiger partial charge in [0.2, 0.25) is 0 Å². The monoisotopic (exact) mass is 306 g/mol. The molecule has 0 bridgehead atoms. The SMILES string of the molecule is CCN1CCCC(CNC(=O)c2cnn(C(C)(C)C)c2C)C1. The molecule has 5 nitrogen and oxygen atoms in total. The lowest BCUT2D eigenvalue weighted by Gasteiger charge is -2.31. The minimum atomic E-state index is -0.104. The van der Waals surface area contributed by atoms with Crippen molar-refractivity contribution in [2.24, 2.45) is 5.92 Å². The highest BCUT2D eigenvalue weighted by molar-refractivity contribution is 5.95. The van der Waals surface area contributed by atoms with Gasteiger partial charge in [0, 0.05) is 18.8 Å². The Morgan fingerprint density at radius 1 is 1.45 bits per heavy atom. The molecule has 0 aromatic carbocycles. The van der Waals surface area contributed by atoms with E-state index in [4.69, 9.17) is 0 Å². The summed E-state index contributed by atoms with van der Waals surface area (Å²) in [6.07, 6.45) is 4.13. The van der Waals surface area contributed by atoms with Crippen molar-refractivity contribution >= 4 is 5.91 Å². The maximum Gasteiger partial charge on any atom is 0.254 e. The van der Waals surface area contributed by atoms with Crippen LogP contribution in [0.4, 0.5) is 0 Å². The van der Waals surface area contributed by atoms with Gasteiger partial charge < -0.3 is 10.2 Å². The molecule has 22 heavy (non-hydrogen) atoms. The average molecular weight is 306 g/mol. The summed E-state index contributed by atoms with van der Waals surface area (Å²) in [5, 5.41) is 7.48. The average Bonchev–Trinajstić information content (AvgIpc) is 2.87. The molecule has 1 aromatic rings. The van der Waals surface area contributed by atoms with Crippen LogP contribution in [0.15, 0.2) is 6.20 Å². The van der Waals surface area contributed by atoms with E-state index in [1.165, 1.54) is 19.4 Å². The maximum atomic E-state index is 12.4. The molecule has 2 rings (SSSR count). The Morgan fingerprint density at radius 2 is 2.18 bits per heavy atom. The standard InChI is InChI=1S/C17H30N4O/c1-6-20-9-7-8-14(12-20)10-18-16(22)15-11-19-21(13(15)2)17(3,4)5/h11,14H,6-10,12H2,1-5H3,(H,18,22). The molecule has 1 aliphatic rings. The number of aromatic nitrogens is 2. The van der Waals surface area contributed by atoms with E-state index in [1.807, 2.05) is 11.6 Å². The third-order valence-electron chi connectivity index (χ3n) is 4.49. The smallest absolute Gasteiger partial charge is 0.254 e. The molecule has 0 aliphatic carbocycles. The summed E-state index contributed by atoms with van der Waals surface area (Å²) < 4.78 is 1.92. The number of rotatable bonds is 4. The zero-order chi connectivity index (χ0) is 16.3. The first-order valence-corrected chi connectivity index (χ1v) is 8.38. The number of carbonyl (C=O) groups excluding carboxylic acids is 1. The zero-order valence-electron chi connectivity index (χ0n) is 14.6. The van der Waals surface area contributed by atoms with Gasteiger partial charge in [-0.2, -0.15) is 5.10 Å². The first kappa shape index (κ1) is 17.0. The highest BCUT2D eigenvalue weighted by atomic mass is 16.1. The van der Waals surface area contributed by atoms with Crippen LogP contribution in [0.2, 0.25) is 0 Å². The van der Waals surface area contributed by atoms with Crippen molar-refractivity contribution in [3.05, 3.63) is 17.5 Å². The van der Waals surface area contributed by atoms with Gasteiger partial charge in [0.25, 0.3) is 5.91 Å². The number of nitrogens with zero attached hydrogens (tertiary/aromatic N) is 3. The summed E-state index contributed by atoms with van der Waals surface area (Å²) in [6, 6.07) is 0. The van der Waals surface area contributed by atoms with E-state index < -0.39 is 0 Å². The number of hydrogen-bond acceptors (Lipinski definition) is 3. The fraction of sp³-hybridized carbons (Fsp3) is 0.765. The number of hydrogen-bond donors (Lipinski definition) is 1. The van der Waals surface area contributed by atoms with Crippen molar-refractivity contribution in [3.63, 3.8) is 0 Å². The quantitative estimate of drug-likeness (QED) is 0.929. The Bertz CT molecular complexity index is 515. The van der Waals surface area contributed by atoms with Crippen LogP contribution in [-0.4, -0.2) is 46.8 Å². The van der Waals surface area contributed by atoms with Crippen molar-refractivity contribution in [1.29, 1.82) is 0 Å². The molecule has 1 aromatic heterocycles. The van der Waals surface area contributed by atoms with Crippen LogP contribution < -0.4 is 5.32 Å². The van der Waals surface area contributed by atoms with E-state index in [0.717, 1.165) is 25.3 Å². The molecule has 1 unspecified atom stereocenters. The number of carbonyl (C=O) groups is 1. The lowest BCUT2D eigenvalue weighted by molar-refractivity contribution is 0.0933. The van der Waals surface area contributed by atoms with Gasteiger partial charge in [0.15, 0.2) is 0 Å². The van der Waals surface area contributed by atoms with E-state index >= 15 is 0 Å². The fourth-order valence-corrected chi connectivity index (χ4v) is 3.25. The first-order chi connectivity index (χ1) is 10.3. The van der Waals surface area contributed by atoms with Crippen LogP contribution in [0, 0.1) is 12.8 Å². The van der Waals surface area contributed by atoms with Crippen LogP contribution in [0.25, 0.3) is 0 Å². The highest BCUT2D eigenvalue weighted by Crippen LogP contribution is 2.19. The second-order valence-electron chi connectivity index (χ2n) is 7.34. The number of amides is 1. The van der Waals surface area contributed by atoms with Crippen LogP contribution in [-0.2, 0) is 5.54 Å². The van der Waals surface area contributed by atoms with Crippen LogP contribution in [0.1, 0.15) is 56.6 Å². The lowest BCUT2D eigenvalue weighted by Crippen LogP contribution is -2.40. The number of nitrogens with one attached hydrogen (secondary N) is 1. The molecule has 0 spiro atoms. The molecule has 1 saturated heterocycles. The molecule has 1 N–H and O–H groups in total. The molecule has 124 valence electrons. The summed E-state index contributed by atoms with van der Waals surface area (Å²) in [5.41, 5.74) is 1.52. The molecule has 1 fully saturated rings. The second-order valence-corrected chi connectivity index (χ2v) is 7.34. The summed E-state index contributed by atoms with van der Waals surface area (Å²) in [6.45, 7) is 14.6. The Morgan fingerprint density at radius 3 is 2.77 bits per heavy atom. The van der Waals surface area contributed by atoms with Gasteiger partial charge in [-0.1, -0.05) is 6.92 Å². The first-order valence-electron chi connectivity index (χ1n) is 8.38. The predicted octanol–water partition coefficient (Wildman–Crippen LogP) is 2.41. The van der Waals surface area contributed by atoms with Crippen molar-refractivity contribution in [2.45, 2.75) is 53.0 Å². The van der Waals surface area contributed by atoms with E-state index in [-0.39, 0.29) is 11.4 Å². The second kappa shape index (κ2) is 6.82. The zero-order valence-corrected chi connectivity index (χ0v) is 14.6. The lowest BCUT2D eigenvalue weighted by atomic mass is 9.98. The molecule has 1 amide bonds. The summed E-state index contributed by atoms with van der Waals surface area (Å²) in [7, 11) is 0. The van der Waals surface area contributed by atoms with E-state index in [2.05, 4.69) is 43.0 Å². The largest absolute Gasteiger partial charge is 0.352 e. The van der Waals surface area contributed by atoms with Crippen LogP contribution in [0.5, 0.6) is 0 Å². The summed E-state index contributed by atoms with van der Waals surface area (Å²) in [4.78, 5) is 14.9. The van der Waals surface area contributed by atoms with Gasteiger partial charge in [-0.25, -0.2) is 0 Å². The fourth-order valence-electron chi connectivity index (χ4n) is 3.25. The highest BCUT2D eigenvalue weighted by Gasteiger charge is 2.23. The Labute approximate surface area is 134 Å². The van der Waals surface area contributed by atoms with Gasteiger partial charge in [0.1, 0.15) is 0 Å². The third-order valence-corrected chi connectivity index (χ3v) is 4.49. The van der Waals surface area contributed by atoms with Gasteiger partial charge in [-0.05, 0) is 59.5 Å². The normalized spacial score (nSPS) is 20.1. The van der Waals surface area contributed by atoms with Gasteiger partial charge in [-0.3, -0.25) is 9.48 Å². The number of likely N-dealkylation sites (tertiary alicyclic amines) is 1.